The molecule has 1 saturated carbocycles. The van der Waals surface area contributed by atoms with Crippen LogP contribution in [0.15, 0.2) is 18.2 Å². The van der Waals surface area contributed by atoms with Crippen LogP contribution in [0.3, 0.4) is 0 Å². The van der Waals surface area contributed by atoms with Gasteiger partial charge in [0.1, 0.15) is 11.4 Å². The fraction of sp³-hybridized carbons (Fsp3) is 0.652. The van der Waals surface area contributed by atoms with Crippen molar-refractivity contribution in [2.24, 2.45) is 0 Å². The lowest BCUT2D eigenvalue weighted by atomic mass is 10.0. The molecular formula is C23H36FN3O3. The minimum absolute atomic E-state index is 0.00492. The summed E-state index contributed by atoms with van der Waals surface area (Å²) in [5.74, 6) is -0.265. The molecule has 6 nitrogen and oxygen atoms in total. The predicted molar refractivity (Wildman–Crippen MR) is 115 cm³/mol. The standard InChI is InChI=1S/C21H30FN3O3.C2H6/c1-20(2,3)28-19(27)24-21(4)8-7-17(10-21)23-11-18(26)25-12-14-5-6-16(22)9-15(14)13-25;1-2/h5-6,9,17,23H,7-8,10-13H2,1-4H3,(H,24,27);1-2H3. The Labute approximate surface area is 179 Å². The number of carbonyl (C=O) groups excluding carboxylic acids is 2. The fourth-order valence-corrected chi connectivity index (χ4v) is 3.96. The van der Waals surface area contributed by atoms with E-state index in [4.69, 9.17) is 4.74 Å². The third-order valence-corrected chi connectivity index (χ3v) is 5.33. The van der Waals surface area contributed by atoms with Crippen molar-refractivity contribution in [2.75, 3.05) is 6.54 Å². The molecule has 30 heavy (non-hydrogen) atoms. The molecule has 2 unspecified atom stereocenters. The summed E-state index contributed by atoms with van der Waals surface area (Å²) in [6.45, 7) is 12.7. The molecule has 3 rings (SSSR count). The number of halogens is 1. The van der Waals surface area contributed by atoms with Crippen LogP contribution in [-0.2, 0) is 22.6 Å². The number of hydrogen-bond acceptors (Lipinski definition) is 4. The van der Waals surface area contributed by atoms with Crippen molar-refractivity contribution in [1.82, 2.24) is 15.5 Å². The zero-order chi connectivity index (χ0) is 22.5. The van der Waals surface area contributed by atoms with Gasteiger partial charge in [-0.15, -0.1) is 0 Å². The fourth-order valence-electron chi connectivity index (χ4n) is 3.96. The van der Waals surface area contributed by atoms with Gasteiger partial charge in [-0.25, -0.2) is 9.18 Å². The normalized spacial score (nSPS) is 22.8. The monoisotopic (exact) mass is 421 g/mol. The molecule has 1 fully saturated rings. The van der Waals surface area contributed by atoms with Crippen LogP contribution in [0.4, 0.5) is 9.18 Å². The Balaban J connectivity index is 0.00000155. The molecule has 2 N–H and O–H groups in total. The Morgan fingerprint density at radius 2 is 1.90 bits per heavy atom. The molecule has 0 aromatic heterocycles. The molecule has 2 aliphatic rings. The van der Waals surface area contributed by atoms with E-state index in [1.54, 1.807) is 11.0 Å². The van der Waals surface area contributed by atoms with E-state index in [0.29, 0.717) is 13.1 Å². The van der Waals surface area contributed by atoms with E-state index in [1.165, 1.54) is 12.1 Å². The average molecular weight is 422 g/mol. The van der Waals surface area contributed by atoms with Crippen LogP contribution in [0, 0.1) is 5.82 Å². The molecule has 1 aliphatic carbocycles. The number of hydrogen-bond donors (Lipinski definition) is 2. The summed E-state index contributed by atoms with van der Waals surface area (Å²) in [5.41, 5.74) is 1.01. The van der Waals surface area contributed by atoms with Crippen molar-refractivity contribution in [2.45, 2.75) is 91.1 Å². The molecule has 1 aromatic rings. The second-order valence-electron chi connectivity index (χ2n) is 9.17. The summed E-state index contributed by atoms with van der Waals surface area (Å²) in [5, 5.41) is 6.29. The summed E-state index contributed by atoms with van der Waals surface area (Å²) < 4.78 is 18.7. The molecule has 0 saturated heterocycles. The molecule has 168 valence electrons. The Kier molecular flexibility index (Phi) is 7.86. The molecule has 1 aromatic carbocycles. The highest BCUT2D eigenvalue weighted by Gasteiger charge is 2.37. The van der Waals surface area contributed by atoms with Crippen molar-refractivity contribution in [3.63, 3.8) is 0 Å². The highest BCUT2D eigenvalue weighted by Crippen LogP contribution is 2.30. The van der Waals surface area contributed by atoms with Gasteiger partial charge in [0.15, 0.2) is 0 Å². The lowest BCUT2D eigenvalue weighted by Crippen LogP contribution is -2.47. The third kappa shape index (κ3) is 6.69. The molecule has 2 atom stereocenters. The summed E-state index contributed by atoms with van der Waals surface area (Å²) in [6, 6.07) is 4.84. The van der Waals surface area contributed by atoms with Crippen molar-refractivity contribution in [3.8, 4) is 0 Å². The van der Waals surface area contributed by atoms with Gasteiger partial charge in [-0.1, -0.05) is 19.9 Å². The molecule has 0 bridgehead atoms. The van der Waals surface area contributed by atoms with Crippen LogP contribution < -0.4 is 10.6 Å². The SMILES string of the molecule is CC.CC1(NC(=O)OC(C)(C)C)CCC(NCC(=O)N2Cc3ccc(F)cc3C2)C1. The van der Waals surface area contributed by atoms with E-state index in [-0.39, 0.29) is 29.8 Å². The molecule has 0 radical (unpaired) electrons. The summed E-state index contributed by atoms with van der Waals surface area (Å²) >= 11 is 0. The van der Waals surface area contributed by atoms with Gasteiger partial charge in [0.05, 0.1) is 6.54 Å². The molecule has 1 aliphatic heterocycles. The maximum atomic E-state index is 13.3. The number of nitrogens with zero attached hydrogens (tertiary/aromatic N) is 1. The van der Waals surface area contributed by atoms with E-state index in [1.807, 2.05) is 41.5 Å². The largest absolute Gasteiger partial charge is 0.444 e. The maximum absolute atomic E-state index is 13.3. The predicted octanol–water partition coefficient (Wildman–Crippen LogP) is 4.12. The molecule has 7 heteroatoms. The topological polar surface area (TPSA) is 70.7 Å². The number of amides is 2. The lowest BCUT2D eigenvalue weighted by Gasteiger charge is -2.28. The van der Waals surface area contributed by atoms with E-state index < -0.39 is 11.7 Å². The van der Waals surface area contributed by atoms with E-state index >= 15 is 0 Å². The zero-order valence-corrected chi connectivity index (χ0v) is 19.1. The zero-order valence-electron chi connectivity index (χ0n) is 19.1. The van der Waals surface area contributed by atoms with Crippen LogP contribution in [0.5, 0.6) is 0 Å². The first-order valence-corrected chi connectivity index (χ1v) is 10.8. The number of rotatable bonds is 4. The van der Waals surface area contributed by atoms with E-state index in [2.05, 4.69) is 10.6 Å². The van der Waals surface area contributed by atoms with Crippen LogP contribution in [0.25, 0.3) is 0 Å². The van der Waals surface area contributed by atoms with Crippen LogP contribution in [0.2, 0.25) is 0 Å². The number of nitrogens with one attached hydrogen (secondary N) is 2. The van der Waals surface area contributed by atoms with Crippen molar-refractivity contribution >= 4 is 12.0 Å². The Bertz CT molecular complexity index is 763. The van der Waals surface area contributed by atoms with Gasteiger partial charge in [0, 0.05) is 24.7 Å². The van der Waals surface area contributed by atoms with E-state index in [0.717, 1.165) is 30.4 Å². The van der Waals surface area contributed by atoms with Gasteiger partial charge in [0.2, 0.25) is 5.91 Å². The highest BCUT2D eigenvalue weighted by molar-refractivity contribution is 5.79. The van der Waals surface area contributed by atoms with Gasteiger partial charge in [-0.05, 0) is 70.2 Å². The lowest BCUT2D eigenvalue weighted by molar-refractivity contribution is -0.131. The Hall–Kier alpha value is -2.15. The quantitative estimate of drug-likeness (QED) is 0.767. The maximum Gasteiger partial charge on any atom is 0.408 e. The first-order chi connectivity index (χ1) is 14.0. The van der Waals surface area contributed by atoms with Crippen LogP contribution in [-0.4, -0.2) is 40.6 Å². The van der Waals surface area contributed by atoms with E-state index in [9.17, 15) is 14.0 Å². The van der Waals surface area contributed by atoms with Gasteiger partial charge >= 0.3 is 6.09 Å². The first-order valence-electron chi connectivity index (χ1n) is 10.8. The molecule has 1 heterocycles. The molecular weight excluding hydrogens is 385 g/mol. The van der Waals surface area contributed by atoms with Gasteiger partial charge < -0.3 is 20.3 Å². The summed E-state index contributed by atoms with van der Waals surface area (Å²) in [6.07, 6.45) is 2.04. The first kappa shape index (κ1) is 24.1. The smallest absolute Gasteiger partial charge is 0.408 e. The second-order valence-corrected chi connectivity index (χ2v) is 9.17. The Morgan fingerprint density at radius 1 is 1.23 bits per heavy atom. The highest BCUT2D eigenvalue weighted by atomic mass is 19.1. The third-order valence-electron chi connectivity index (χ3n) is 5.33. The van der Waals surface area contributed by atoms with Crippen molar-refractivity contribution in [3.05, 3.63) is 35.1 Å². The van der Waals surface area contributed by atoms with Crippen LogP contribution >= 0.6 is 0 Å². The summed E-state index contributed by atoms with van der Waals surface area (Å²) in [7, 11) is 0. The minimum atomic E-state index is -0.528. The Morgan fingerprint density at radius 3 is 2.57 bits per heavy atom. The summed E-state index contributed by atoms with van der Waals surface area (Å²) in [4.78, 5) is 26.3. The number of alkyl carbamates (subject to hydrolysis) is 1. The number of carbonyl (C=O) groups is 2. The van der Waals surface area contributed by atoms with Gasteiger partial charge in [-0.3, -0.25) is 4.79 Å². The average Bonchev–Trinajstić information content (AvgIpc) is 3.22. The van der Waals surface area contributed by atoms with Gasteiger partial charge in [0.25, 0.3) is 0 Å². The second kappa shape index (κ2) is 9.77. The van der Waals surface area contributed by atoms with Crippen molar-refractivity contribution in [1.29, 1.82) is 0 Å². The van der Waals surface area contributed by atoms with Crippen molar-refractivity contribution < 1.29 is 18.7 Å². The van der Waals surface area contributed by atoms with Gasteiger partial charge in [-0.2, -0.15) is 0 Å². The van der Waals surface area contributed by atoms with Crippen LogP contribution in [0.1, 0.15) is 71.9 Å². The number of benzene rings is 1. The minimum Gasteiger partial charge on any atom is -0.444 e. The molecule has 2 amide bonds. The molecule has 0 spiro atoms. The number of ether oxygens (including phenoxy) is 1. The number of fused-ring (bicyclic) bond motifs is 1.